The predicted octanol–water partition coefficient (Wildman–Crippen LogP) is 2.21. The maximum absolute atomic E-state index is 9.23. The third-order valence-corrected chi connectivity index (χ3v) is 2.92. The molecule has 0 saturated carbocycles. The molecule has 5 heteroatoms. The summed E-state index contributed by atoms with van der Waals surface area (Å²) in [5.74, 6) is 1.49. The average Bonchev–Trinajstić information content (AvgIpc) is 2.81. The van der Waals surface area contributed by atoms with Crippen LogP contribution >= 0.6 is 0 Å². The van der Waals surface area contributed by atoms with E-state index in [0.717, 1.165) is 12.1 Å². The highest BCUT2D eigenvalue weighted by atomic mass is 16.5. The smallest absolute Gasteiger partial charge is 0.246 e. The minimum absolute atomic E-state index is 0.255. The molecular weight excluding hydrogens is 242 g/mol. The lowest BCUT2D eigenvalue weighted by molar-refractivity contribution is 0.271. The molecule has 0 atom stereocenters. The molecule has 19 heavy (non-hydrogen) atoms. The van der Waals surface area contributed by atoms with Gasteiger partial charge in [-0.3, -0.25) is 0 Å². The Labute approximate surface area is 112 Å². The highest BCUT2D eigenvalue weighted by molar-refractivity contribution is 5.27. The maximum Gasteiger partial charge on any atom is 0.246 e. The summed E-state index contributed by atoms with van der Waals surface area (Å²) in [6.07, 6.45) is 0.589. The van der Waals surface area contributed by atoms with Gasteiger partial charge in [0, 0.05) is 6.42 Å². The molecule has 0 radical (unpaired) electrons. The lowest BCUT2D eigenvalue weighted by Crippen LogP contribution is -2.36. The van der Waals surface area contributed by atoms with E-state index < -0.39 is 0 Å². The van der Waals surface area contributed by atoms with Gasteiger partial charge < -0.3 is 14.9 Å². The zero-order valence-corrected chi connectivity index (χ0v) is 11.5. The molecule has 2 N–H and O–H groups in total. The van der Waals surface area contributed by atoms with Crippen molar-refractivity contribution in [2.45, 2.75) is 32.7 Å². The highest BCUT2D eigenvalue weighted by Crippen LogP contribution is 2.19. The van der Waals surface area contributed by atoms with Gasteiger partial charge in [-0.25, -0.2) is 0 Å². The Morgan fingerprint density at radius 3 is 2.58 bits per heavy atom. The molecule has 0 spiro atoms. The van der Waals surface area contributed by atoms with Crippen LogP contribution in [0.3, 0.4) is 0 Å². The Kier molecular flexibility index (Phi) is 3.85. The fourth-order valence-electron chi connectivity index (χ4n) is 1.89. The van der Waals surface area contributed by atoms with Crippen LogP contribution < -0.4 is 5.32 Å². The average molecular weight is 261 g/mol. The summed E-state index contributed by atoms with van der Waals surface area (Å²) in [7, 11) is 0. The van der Waals surface area contributed by atoms with E-state index in [1.54, 1.807) is 12.1 Å². The summed E-state index contributed by atoms with van der Waals surface area (Å²) >= 11 is 0. The van der Waals surface area contributed by atoms with Crippen molar-refractivity contribution >= 4 is 0 Å². The summed E-state index contributed by atoms with van der Waals surface area (Å²) in [6, 6.07) is 7.00. The summed E-state index contributed by atoms with van der Waals surface area (Å²) < 4.78 is 5.30. The van der Waals surface area contributed by atoms with E-state index in [4.69, 9.17) is 4.52 Å². The van der Waals surface area contributed by atoms with E-state index in [2.05, 4.69) is 15.5 Å². The first kappa shape index (κ1) is 13.5. The molecule has 0 saturated heterocycles. The summed E-state index contributed by atoms with van der Waals surface area (Å²) in [5.41, 5.74) is 0.709. The van der Waals surface area contributed by atoms with Gasteiger partial charge in [0.15, 0.2) is 5.82 Å². The first-order chi connectivity index (χ1) is 9.01. The van der Waals surface area contributed by atoms with E-state index in [-0.39, 0.29) is 11.3 Å². The Hall–Kier alpha value is -1.88. The summed E-state index contributed by atoms with van der Waals surface area (Å²) in [5, 5.41) is 16.5. The van der Waals surface area contributed by atoms with Crippen LogP contribution in [0, 0.1) is 0 Å². The van der Waals surface area contributed by atoms with Gasteiger partial charge in [-0.2, -0.15) is 4.98 Å². The summed E-state index contributed by atoms with van der Waals surface area (Å²) in [4.78, 5) is 4.42. The number of aromatic nitrogens is 2. The standard InChI is InChI=1S/C14H19N3O2/c1-4-15-14(2,3)13-16-12(17-19-13)9-10-5-7-11(18)8-6-10/h5-8,15,18H,4,9H2,1-3H3. The van der Waals surface area contributed by atoms with Gasteiger partial charge in [-0.05, 0) is 38.1 Å². The number of hydrogen-bond donors (Lipinski definition) is 2. The predicted molar refractivity (Wildman–Crippen MR) is 71.9 cm³/mol. The van der Waals surface area contributed by atoms with Gasteiger partial charge in [0.25, 0.3) is 0 Å². The maximum atomic E-state index is 9.23. The van der Waals surface area contributed by atoms with E-state index in [1.165, 1.54) is 0 Å². The van der Waals surface area contributed by atoms with Gasteiger partial charge in [0.2, 0.25) is 5.89 Å². The molecule has 0 aliphatic rings. The molecular formula is C14H19N3O2. The van der Waals surface area contributed by atoms with Crippen molar-refractivity contribution in [3.63, 3.8) is 0 Å². The number of nitrogens with zero attached hydrogens (tertiary/aromatic N) is 2. The van der Waals surface area contributed by atoms with Crippen molar-refractivity contribution in [1.29, 1.82) is 0 Å². The second kappa shape index (κ2) is 5.40. The number of aromatic hydroxyl groups is 1. The van der Waals surface area contributed by atoms with Gasteiger partial charge >= 0.3 is 0 Å². The molecule has 1 heterocycles. The molecule has 0 unspecified atom stereocenters. The number of phenolic OH excluding ortho intramolecular Hbond substituents is 1. The largest absolute Gasteiger partial charge is 0.508 e. The third-order valence-electron chi connectivity index (χ3n) is 2.92. The number of nitrogens with one attached hydrogen (secondary N) is 1. The molecule has 0 fully saturated rings. The van der Waals surface area contributed by atoms with E-state index in [9.17, 15) is 5.11 Å². The molecule has 102 valence electrons. The molecule has 5 nitrogen and oxygen atoms in total. The SMILES string of the molecule is CCNC(C)(C)c1nc(Cc2ccc(O)cc2)no1. The van der Waals surface area contributed by atoms with Gasteiger partial charge in [-0.15, -0.1) is 0 Å². The third kappa shape index (κ3) is 3.32. The minimum atomic E-state index is -0.324. The van der Waals surface area contributed by atoms with Crippen molar-refractivity contribution in [3.05, 3.63) is 41.5 Å². The van der Waals surface area contributed by atoms with Crippen LogP contribution in [0.15, 0.2) is 28.8 Å². The second-order valence-corrected chi connectivity index (χ2v) is 5.01. The molecule has 1 aromatic carbocycles. The fraction of sp³-hybridized carbons (Fsp3) is 0.429. The number of phenols is 1. The minimum Gasteiger partial charge on any atom is -0.508 e. The highest BCUT2D eigenvalue weighted by Gasteiger charge is 2.26. The molecule has 2 rings (SSSR count). The first-order valence-corrected chi connectivity index (χ1v) is 6.37. The zero-order chi connectivity index (χ0) is 13.9. The van der Waals surface area contributed by atoms with Crippen molar-refractivity contribution in [1.82, 2.24) is 15.5 Å². The van der Waals surface area contributed by atoms with Crippen LogP contribution in [0.1, 0.15) is 38.0 Å². The Morgan fingerprint density at radius 1 is 1.26 bits per heavy atom. The normalized spacial score (nSPS) is 11.7. The van der Waals surface area contributed by atoms with Gasteiger partial charge in [0.1, 0.15) is 5.75 Å². The molecule has 0 amide bonds. The number of hydrogen-bond acceptors (Lipinski definition) is 5. The van der Waals surface area contributed by atoms with Crippen LogP contribution in [0.4, 0.5) is 0 Å². The first-order valence-electron chi connectivity index (χ1n) is 6.37. The lowest BCUT2D eigenvalue weighted by atomic mass is 10.1. The van der Waals surface area contributed by atoms with Crippen molar-refractivity contribution < 1.29 is 9.63 Å². The molecule has 0 bridgehead atoms. The van der Waals surface area contributed by atoms with Crippen molar-refractivity contribution in [2.24, 2.45) is 0 Å². The summed E-state index contributed by atoms with van der Waals surface area (Å²) in [6.45, 7) is 6.89. The van der Waals surface area contributed by atoms with Crippen LogP contribution in [-0.4, -0.2) is 21.8 Å². The topological polar surface area (TPSA) is 71.2 Å². The van der Waals surface area contributed by atoms with Crippen molar-refractivity contribution in [2.75, 3.05) is 6.54 Å². The number of rotatable bonds is 5. The Balaban J connectivity index is 2.11. The van der Waals surface area contributed by atoms with Crippen LogP contribution in [-0.2, 0) is 12.0 Å². The monoisotopic (exact) mass is 261 g/mol. The molecule has 1 aromatic heterocycles. The van der Waals surface area contributed by atoms with Crippen LogP contribution in [0.5, 0.6) is 5.75 Å². The number of benzene rings is 1. The molecule has 0 aliphatic heterocycles. The van der Waals surface area contributed by atoms with E-state index in [1.807, 2.05) is 32.9 Å². The Morgan fingerprint density at radius 2 is 1.95 bits per heavy atom. The van der Waals surface area contributed by atoms with Gasteiger partial charge in [-0.1, -0.05) is 24.2 Å². The lowest BCUT2D eigenvalue weighted by Gasteiger charge is -2.20. The van der Waals surface area contributed by atoms with Crippen molar-refractivity contribution in [3.8, 4) is 5.75 Å². The van der Waals surface area contributed by atoms with E-state index >= 15 is 0 Å². The zero-order valence-electron chi connectivity index (χ0n) is 11.5. The Bertz CT molecular complexity index is 532. The molecule has 2 aromatic rings. The van der Waals surface area contributed by atoms with Crippen LogP contribution in [0.2, 0.25) is 0 Å². The fourth-order valence-corrected chi connectivity index (χ4v) is 1.89. The second-order valence-electron chi connectivity index (χ2n) is 5.01. The molecule has 0 aliphatic carbocycles. The van der Waals surface area contributed by atoms with Gasteiger partial charge in [0.05, 0.1) is 5.54 Å². The van der Waals surface area contributed by atoms with Crippen LogP contribution in [0.25, 0.3) is 0 Å². The van der Waals surface area contributed by atoms with E-state index in [0.29, 0.717) is 18.1 Å². The quantitative estimate of drug-likeness (QED) is 0.863.